The highest BCUT2D eigenvalue weighted by Crippen LogP contribution is 2.39. The van der Waals surface area contributed by atoms with Crippen LogP contribution in [0.25, 0.3) is 0 Å². The van der Waals surface area contributed by atoms with Gasteiger partial charge in [0.15, 0.2) is 0 Å². The number of rotatable bonds is 3. The molecule has 3 heteroatoms. The summed E-state index contributed by atoms with van der Waals surface area (Å²) in [4.78, 5) is 16.5. The molecular formula is C9H11NOS. The van der Waals surface area contributed by atoms with E-state index in [0.717, 1.165) is 11.3 Å². The molecule has 2 nitrogen and oxygen atoms in total. The van der Waals surface area contributed by atoms with Crippen molar-refractivity contribution in [1.82, 2.24) is 4.98 Å². The highest BCUT2D eigenvalue weighted by atomic mass is 32.1. The van der Waals surface area contributed by atoms with Crippen LogP contribution in [0.1, 0.15) is 18.2 Å². The zero-order valence-electron chi connectivity index (χ0n) is 6.99. The first-order chi connectivity index (χ1) is 5.77. The van der Waals surface area contributed by atoms with Gasteiger partial charge in [-0.25, -0.2) is 0 Å². The number of hydrogen-bond acceptors (Lipinski definition) is 3. The van der Waals surface area contributed by atoms with Crippen molar-refractivity contribution >= 4 is 17.1 Å². The maximum Gasteiger partial charge on any atom is 0.141 e. The smallest absolute Gasteiger partial charge is 0.141 e. The average Bonchev–Trinajstić information content (AvgIpc) is 2.58. The second-order valence-corrected chi connectivity index (χ2v) is 4.40. The average molecular weight is 181 g/mol. The second kappa shape index (κ2) is 2.98. The summed E-state index contributed by atoms with van der Waals surface area (Å²) in [5, 5.41) is 0. The van der Waals surface area contributed by atoms with E-state index in [1.165, 1.54) is 0 Å². The molecule has 2 atom stereocenters. The second-order valence-electron chi connectivity index (χ2n) is 3.43. The Morgan fingerprint density at radius 2 is 2.58 bits per heavy atom. The fourth-order valence-corrected chi connectivity index (χ4v) is 2.01. The van der Waals surface area contributed by atoms with Crippen molar-refractivity contribution < 1.29 is 4.79 Å². The van der Waals surface area contributed by atoms with Crippen LogP contribution in [0, 0.1) is 11.8 Å². The van der Waals surface area contributed by atoms with Crippen LogP contribution in [0.2, 0.25) is 0 Å². The maximum atomic E-state index is 11.5. The van der Waals surface area contributed by atoms with Gasteiger partial charge >= 0.3 is 0 Å². The van der Waals surface area contributed by atoms with E-state index in [9.17, 15) is 4.79 Å². The maximum absolute atomic E-state index is 11.5. The topological polar surface area (TPSA) is 30.0 Å². The molecule has 1 aliphatic rings. The summed E-state index contributed by atoms with van der Waals surface area (Å²) in [7, 11) is 0. The van der Waals surface area contributed by atoms with Crippen LogP contribution < -0.4 is 0 Å². The molecule has 0 saturated heterocycles. The lowest BCUT2D eigenvalue weighted by atomic mass is 10.1. The van der Waals surface area contributed by atoms with Crippen LogP contribution in [0.4, 0.5) is 0 Å². The van der Waals surface area contributed by atoms with E-state index in [4.69, 9.17) is 0 Å². The summed E-state index contributed by atoms with van der Waals surface area (Å²) in [5.41, 5.74) is 1.78. The monoisotopic (exact) mass is 181 g/mol. The molecule has 12 heavy (non-hydrogen) atoms. The molecule has 0 spiro atoms. The Morgan fingerprint density at radius 1 is 1.83 bits per heavy atom. The zero-order chi connectivity index (χ0) is 8.55. The summed E-state index contributed by atoms with van der Waals surface area (Å²) >= 11 is 1.57. The molecule has 2 rings (SSSR count). The van der Waals surface area contributed by atoms with Crippen molar-refractivity contribution in [2.24, 2.45) is 11.8 Å². The van der Waals surface area contributed by atoms with Crippen molar-refractivity contribution in [3.8, 4) is 0 Å². The van der Waals surface area contributed by atoms with Gasteiger partial charge in [-0.05, 0) is 12.3 Å². The first-order valence-corrected chi connectivity index (χ1v) is 5.05. The van der Waals surface area contributed by atoms with Crippen molar-refractivity contribution in [3.63, 3.8) is 0 Å². The number of ketones is 1. The lowest BCUT2D eigenvalue weighted by molar-refractivity contribution is -0.119. The summed E-state index contributed by atoms with van der Waals surface area (Å²) < 4.78 is 0. The van der Waals surface area contributed by atoms with Gasteiger partial charge in [0.2, 0.25) is 0 Å². The van der Waals surface area contributed by atoms with E-state index in [2.05, 4.69) is 11.9 Å². The lowest BCUT2D eigenvalue weighted by Gasteiger charge is -1.93. The van der Waals surface area contributed by atoms with Gasteiger partial charge in [-0.15, -0.1) is 11.3 Å². The summed E-state index contributed by atoms with van der Waals surface area (Å²) in [5.74, 6) is 1.38. The van der Waals surface area contributed by atoms with Crippen LogP contribution in [0.5, 0.6) is 0 Å². The number of thiazole rings is 1. The molecule has 0 radical (unpaired) electrons. The third kappa shape index (κ3) is 1.55. The SMILES string of the molecule is CC1CC1C(=O)Cc1cncs1. The summed E-state index contributed by atoms with van der Waals surface area (Å²) in [6.45, 7) is 2.13. The normalized spacial score (nSPS) is 27.1. The Kier molecular flexibility index (Phi) is 1.97. The van der Waals surface area contributed by atoms with E-state index in [1.54, 1.807) is 23.0 Å². The highest BCUT2D eigenvalue weighted by molar-refractivity contribution is 7.09. The summed E-state index contributed by atoms with van der Waals surface area (Å²) in [6, 6.07) is 0. The van der Waals surface area contributed by atoms with Crippen LogP contribution in [0.3, 0.4) is 0 Å². The van der Waals surface area contributed by atoms with Gasteiger partial charge in [0.05, 0.1) is 5.51 Å². The molecule has 1 aromatic heterocycles. The molecule has 1 aliphatic carbocycles. The fourth-order valence-electron chi connectivity index (χ4n) is 1.40. The Labute approximate surface area is 75.6 Å². The lowest BCUT2D eigenvalue weighted by Crippen LogP contribution is -2.04. The number of Topliss-reactive ketones (excluding diaryl/α,β-unsaturated/α-hetero) is 1. The van der Waals surface area contributed by atoms with Gasteiger partial charge in [-0.2, -0.15) is 0 Å². The molecule has 1 fully saturated rings. The Bertz CT molecular complexity index is 281. The number of carbonyl (C=O) groups is 1. The predicted octanol–water partition coefficient (Wildman–Crippen LogP) is 1.91. The van der Waals surface area contributed by atoms with Gasteiger partial charge in [-0.3, -0.25) is 9.78 Å². The molecule has 0 bridgehead atoms. The molecule has 64 valence electrons. The standard InChI is InChI=1S/C9H11NOS/c1-6-2-8(6)9(11)3-7-4-10-5-12-7/h4-6,8H,2-3H2,1H3. The van der Waals surface area contributed by atoms with Crippen LogP contribution >= 0.6 is 11.3 Å². The molecule has 2 unspecified atom stereocenters. The zero-order valence-corrected chi connectivity index (χ0v) is 7.80. The van der Waals surface area contributed by atoms with E-state index in [-0.39, 0.29) is 0 Å². The van der Waals surface area contributed by atoms with E-state index in [0.29, 0.717) is 24.0 Å². The Hall–Kier alpha value is -0.700. The molecule has 0 aromatic carbocycles. The quantitative estimate of drug-likeness (QED) is 0.713. The number of nitrogens with zero attached hydrogens (tertiary/aromatic N) is 1. The third-order valence-electron chi connectivity index (χ3n) is 2.35. The summed E-state index contributed by atoms with van der Waals surface area (Å²) in [6.07, 6.45) is 3.48. The fraction of sp³-hybridized carbons (Fsp3) is 0.556. The Morgan fingerprint density at radius 3 is 3.08 bits per heavy atom. The molecule has 1 saturated carbocycles. The van der Waals surface area contributed by atoms with Crippen molar-refractivity contribution in [3.05, 3.63) is 16.6 Å². The van der Waals surface area contributed by atoms with Crippen LogP contribution in [-0.4, -0.2) is 10.8 Å². The van der Waals surface area contributed by atoms with Crippen molar-refractivity contribution in [2.45, 2.75) is 19.8 Å². The van der Waals surface area contributed by atoms with Crippen molar-refractivity contribution in [2.75, 3.05) is 0 Å². The van der Waals surface area contributed by atoms with E-state index in [1.807, 2.05) is 0 Å². The Balaban J connectivity index is 1.92. The van der Waals surface area contributed by atoms with Crippen LogP contribution in [0.15, 0.2) is 11.7 Å². The third-order valence-corrected chi connectivity index (χ3v) is 3.13. The number of aromatic nitrogens is 1. The van der Waals surface area contributed by atoms with Gasteiger partial charge in [0, 0.05) is 23.4 Å². The van der Waals surface area contributed by atoms with E-state index < -0.39 is 0 Å². The van der Waals surface area contributed by atoms with E-state index >= 15 is 0 Å². The van der Waals surface area contributed by atoms with Gasteiger partial charge in [-0.1, -0.05) is 6.92 Å². The number of carbonyl (C=O) groups excluding carboxylic acids is 1. The van der Waals surface area contributed by atoms with Gasteiger partial charge in [0.25, 0.3) is 0 Å². The molecule has 1 aromatic rings. The van der Waals surface area contributed by atoms with Crippen molar-refractivity contribution in [1.29, 1.82) is 0 Å². The first kappa shape index (κ1) is 7.92. The minimum absolute atomic E-state index is 0.354. The number of hydrogen-bond donors (Lipinski definition) is 0. The van der Waals surface area contributed by atoms with Gasteiger partial charge in [0.1, 0.15) is 5.78 Å². The molecular weight excluding hydrogens is 170 g/mol. The minimum atomic E-state index is 0.354. The predicted molar refractivity (Wildman–Crippen MR) is 48.1 cm³/mol. The highest BCUT2D eigenvalue weighted by Gasteiger charge is 2.38. The molecule has 1 heterocycles. The van der Waals surface area contributed by atoms with Gasteiger partial charge < -0.3 is 0 Å². The molecule has 0 N–H and O–H groups in total. The largest absolute Gasteiger partial charge is 0.299 e. The first-order valence-electron chi connectivity index (χ1n) is 4.17. The molecule has 0 amide bonds. The minimum Gasteiger partial charge on any atom is -0.299 e. The van der Waals surface area contributed by atoms with Crippen LogP contribution in [-0.2, 0) is 11.2 Å². The molecule has 0 aliphatic heterocycles.